The van der Waals surface area contributed by atoms with Crippen LogP contribution in [0.25, 0.3) is 10.4 Å². The van der Waals surface area contributed by atoms with Crippen LogP contribution in [0.1, 0.15) is 42.2 Å². The van der Waals surface area contributed by atoms with E-state index in [9.17, 15) is 9.59 Å². The molecular weight excluding hydrogens is 410 g/mol. The van der Waals surface area contributed by atoms with Gasteiger partial charge in [-0.25, -0.2) is 9.78 Å². The molecule has 6 nitrogen and oxygen atoms in total. The second-order valence-corrected chi connectivity index (χ2v) is 9.03. The SMILES string of the molecule is Cc1ccc(NC(=O)Nc2ccc(-c3cnc(C4CCC(C(=O)O)CC4)s3)cc2)cc1. The van der Waals surface area contributed by atoms with E-state index in [2.05, 4.69) is 15.6 Å². The minimum absolute atomic E-state index is 0.209. The van der Waals surface area contributed by atoms with Gasteiger partial charge in [0, 0.05) is 23.5 Å². The number of aryl methyl sites for hydroxylation is 1. The van der Waals surface area contributed by atoms with Gasteiger partial charge in [0.25, 0.3) is 0 Å². The van der Waals surface area contributed by atoms with Crippen LogP contribution in [0.4, 0.5) is 16.2 Å². The first kappa shape index (κ1) is 21.1. The number of hydrogen-bond donors (Lipinski definition) is 3. The molecule has 1 heterocycles. The lowest BCUT2D eigenvalue weighted by atomic mass is 9.82. The largest absolute Gasteiger partial charge is 0.481 e. The monoisotopic (exact) mass is 435 g/mol. The van der Waals surface area contributed by atoms with Crippen molar-refractivity contribution in [3.8, 4) is 10.4 Å². The summed E-state index contributed by atoms with van der Waals surface area (Å²) in [7, 11) is 0. The molecule has 0 bridgehead atoms. The van der Waals surface area contributed by atoms with Gasteiger partial charge in [-0.05, 0) is 62.4 Å². The Morgan fingerprint density at radius 3 is 2.10 bits per heavy atom. The molecule has 0 atom stereocenters. The maximum Gasteiger partial charge on any atom is 0.323 e. The summed E-state index contributed by atoms with van der Waals surface area (Å²) < 4.78 is 0. The van der Waals surface area contributed by atoms with Crippen LogP contribution in [0.3, 0.4) is 0 Å². The number of hydrogen-bond acceptors (Lipinski definition) is 4. The molecule has 0 spiro atoms. The molecule has 4 rings (SSSR count). The van der Waals surface area contributed by atoms with E-state index in [-0.39, 0.29) is 11.9 Å². The Labute approximate surface area is 185 Å². The first-order valence-electron chi connectivity index (χ1n) is 10.4. The van der Waals surface area contributed by atoms with Crippen molar-refractivity contribution in [1.29, 1.82) is 0 Å². The summed E-state index contributed by atoms with van der Waals surface area (Å²) in [5.41, 5.74) is 3.65. The predicted molar refractivity (Wildman–Crippen MR) is 124 cm³/mol. The molecule has 0 saturated heterocycles. The summed E-state index contributed by atoms with van der Waals surface area (Å²) in [6.45, 7) is 2.00. The van der Waals surface area contributed by atoms with Crippen LogP contribution in [0.2, 0.25) is 0 Å². The molecule has 2 amide bonds. The zero-order chi connectivity index (χ0) is 21.8. The number of urea groups is 1. The van der Waals surface area contributed by atoms with Crippen molar-refractivity contribution in [2.75, 3.05) is 10.6 Å². The van der Waals surface area contributed by atoms with Crippen LogP contribution in [-0.4, -0.2) is 22.1 Å². The van der Waals surface area contributed by atoms with Crippen LogP contribution in [0.5, 0.6) is 0 Å². The standard InChI is InChI=1S/C24H25N3O3S/c1-15-2-10-19(11-3-15)26-24(30)27-20-12-8-16(9-13-20)21-14-25-22(31-21)17-4-6-18(7-5-17)23(28)29/h2-3,8-14,17-18H,4-7H2,1H3,(H,28,29)(H2,26,27,30). The summed E-state index contributed by atoms with van der Waals surface area (Å²) in [6.07, 6.45) is 5.08. The molecule has 31 heavy (non-hydrogen) atoms. The van der Waals surface area contributed by atoms with Gasteiger partial charge >= 0.3 is 12.0 Å². The number of anilines is 2. The van der Waals surface area contributed by atoms with E-state index in [1.54, 1.807) is 11.3 Å². The molecule has 3 N–H and O–H groups in total. The molecule has 1 saturated carbocycles. The van der Waals surface area contributed by atoms with Crippen molar-refractivity contribution in [3.05, 3.63) is 65.3 Å². The second-order valence-electron chi connectivity index (χ2n) is 7.97. The molecule has 160 valence electrons. The number of nitrogens with zero attached hydrogens (tertiary/aromatic N) is 1. The van der Waals surface area contributed by atoms with Crippen LogP contribution in [0.15, 0.2) is 54.7 Å². The maximum absolute atomic E-state index is 12.2. The summed E-state index contributed by atoms with van der Waals surface area (Å²) in [4.78, 5) is 29.0. The lowest BCUT2D eigenvalue weighted by molar-refractivity contribution is -0.142. The van der Waals surface area contributed by atoms with E-state index < -0.39 is 5.97 Å². The molecule has 1 aromatic heterocycles. The summed E-state index contributed by atoms with van der Waals surface area (Å²) in [5.74, 6) is -0.542. The molecular formula is C24H25N3O3S. The number of benzene rings is 2. The average Bonchev–Trinajstić information content (AvgIpc) is 3.26. The van der Waals surface area contributed by atoms with Gasteiger partial charge in [0.15, 0.2) is 0 Å². The van der Waals surface area contributed by atoms with Gasteiger partial charge in [-0.15, -0.1) is 11.3 Å². The Balaban J connectivity index is 1.35. The van der Waals surface area contributed by atoms with Crippen LogP contribution < -0.4 is 10.6 Å². The highest BCUT2D eigenvalue weighted by molar-refractivity contribution is 7.15. The molecule has 1 fully saturated rings. The van der Waals surface area contributed by atoms with Gasteiger partial charge in [-0.1, -0.05) is 29.8 Å². The first-order valence-corrected chi connectivity index (χ1v) is 11.2. The normalized spacial score (nSPS) is 18.4. The number of carboxylic acids is 1. The lowest BCUT2D eigenvalue weighted by Crippen LogP contribution is -2.20. The highest BCUT2D eigenvalue weighted by Crippen LogP contribution is 2.39. The number of aromatic nitrogens is 1. The van der Waals surface area contributed by atoms with Crippen molar-refractivity contribution in [1.82, 2.24) is 4.98 Å². The molecule has 1 aliphatic rings. The Hall–Kier alpha value is -3.19. The van der Waals surface area contributed by atoms with Crippen LogP contribution in [0, 0.1) is 12.8 Å². The Kier molecular flexibility index (Phi) is 6.32. The molecule has 0 aliphatic heterocycles. The third-order valence-electron chi connectivity index (χ3n) is 5.69. The summed E-state index contributed by atoms with van der Waals surface area (Å²) in [6, 6.07) is 15.1. The smallest absolute Gasteiger partial charge is 0.323 e. The summed E-state index contributed by atoms with van der Waals surface area (Å²) >= 11 is 1.67. The van der Waals surface area contributed by atoms with Gasteiger partial charge in [-0.3, -0.25) is 4.79 Å². The Morgan fingerprint density at radius 1 is 0.935 bits per heavy atom. The molecule has 7 heteroatoms. The average molecular weight is 436 g/mol. The third kappa shape index (κ3) is 5.30. The van der Waals surface area contributed by atoms with E-state index >= 15 is 0 Å². The number of amides is 2. The highest BCUT2D eigenvalue weighted by atomic mass is 32.1. The van der Waals surface area contributed by atoms with E-state index in [1.165, 1.54) is 0 Å². The predicted octanol–water partition coefficient (Wildman–Crippen LogP) is 6.12. The number of carbonyl (C=O) groups is 2. The number of thiazole rings is 1. The zero-order valence-corrected chi connectivity index (χ0v) is 18.1. The number of aliphatic carboxylic acids is 1. The lowest BCUT2D eigenvalue weighted by Gasteiger charge is -2.24. The van der Waals surface area contributed by atoms with Crippen LogP contribution in [-0.2, 0) is 4.79 Å². The first-order chi connectivity index (χ1) is 15.0. The van der Waals surface area contributed by atoms with Gasteiger partial charge in [0.1, 0.15) is 0 Å². The summed E-state index contributed by atoms with van der Waals surface area (Å²) in [5, 5.41) is 15.9. The number of nitrogens with one attached hydrogen (secondary N) is 2. The van der Waals surface area contributed by atoms with Crippen molar-refractivity contribution in [2.45, 2.75) is 38.5 Å². The molecule has 3 aromatic rings. The van der Waals surface area contributed by atoms with E-state index in [1.807, 2.05) is 61.7 Å². The minimum Gasteiger partial charge on any atom is -0.481 e. The molecule has 1 aliphatic carbocycles. The third-order valence-corrected chi connectivity index (χ3v) is 6.89. The fourth-order valence-corrected chi connectivity index (χ4v) is 4.94. The zero-order valence-electron chi connectivity index (χ0n) is 17.3. The van der Waals surface area contributed by atoms with Crippen molar-refractivity contribution >= 4 is 34.7 Å². The highest BCUT2D eigenvalue weighted by Gasteiger charge is 2.28. The van der Waals surface area contributed by atoms with Crippen LogP contribution >= 0.6 is 11.3 Å². The fourth-order valence-electron chi connectivity index (χ4n) is 3.85. The van der Waals surface area contributed by atoms with Crippen molar-refractivity contribution < 1.29 is 14.7 Å². The van der Waals surface area contributed by atoms with Gasteiger partial charge in [0.2, 0.25) is 0 Å². The fraction of sp³-hybridized carbons (Fsp3) is 0.292. The van der Waals surface area contributed by atoms with Gasteiger partial charge in [-0.2, -0.15) is 0 Å². The van der Waals surface area contributed by atoms with E-state index in [4.69, 9.17) is 5.11 Å². The second kappa shape index (κ2) is 9.31. The topological polar surface area (TPSA) is 91.3 Å². The Bertz CT molecular complexity index is 1050. The molecule has 0 radical (unpaired) electrons. The Morgan fingerprint density at radius 2 is 1.52 bits per heavy atom. The number of carbonyl (C=O) groups excluding carboxylic acids is 1. The molecule has 2 aromatic carbocycles. The van der Waals surface area contributed by atoms with Crippen molar-refractivity contribution in [3.63, 3.8) is 0 Å². The number of rotatable bonds is 5. The van der Waals surface area contributed by atoms with Crippen molar-refractivity contribution in [2.24, 2.45) is 5.92 Å². The van der Waals surface area contributed by atoms with E-state index in [0.29, 0.717) is 11.6 Å². The van der Waals surface area contributed by atoms with Gasteiger partial charge < -0.3 is 15.7 Å². The molecule has 0 unspecified atom stereocenters. The van der Waals surface area contributed by atoms with E-state index in [0.717, 1.165) is 52.4 Å². The quantitative estimate of drug-likeness (QED) is 0.450. The maximum atomic E-state index is 12.2. The van der Waals surface area contributed by atoms with Gasteiger partial charge in [0.05, 0.1) is 15.8 Å². The minimum atomic E-state index is -0.681. The number of carboxylic acid groups (broad SMARTS) is 1.